The van der Waals surface area contributed by atoms with Crippen LogP contribution in [0.1, 0.15) is 27.9 Å². The molecular weight excluding hydrogens is 206 g/mol. The molecule has 0 radical (unpaired) electrons. The molecule has 0 aliphatic heterocycles. The van der Waals surface area contributed by atoms with Gasteiger partial charge in [0.1, 0.15) is 5.82 Å². The highest BCUT2D eigenvalue weighted by Crippen LogP contribution is 2.23. The van der Waals surface area contributed by atoms with Crippen LogP contribution in [0.3, 0.4) is 0 Å². The van der Waals surface area contributed by atoms with Crippen LogP contribution in [0.15, 0.2) is 23.8 Å². The van der Waals surface area contributed by atoms with Crippen molar-refractivity contribution in [2.45, 2.75) is 19.9 Å². The summed E-state index contributed by atoms with van der Waals surface area (Å²) in [5.74, 6) is 0.683. The molecule has 0 spiro atoms. The first-order valence-electron chi connectivity index (χ1n) is 4.76. The summed E-state index contributed by atoms with van der Waals surface area (Å²) in [5, 5.41) is 2.04. The van der Waals surface area contributed by atoms with E-state index in [-0.39, 0.29) is 6.04 Å². The maximum absolute atomic E-state index is 6.09. The molecule has 0 saturated heterocycles. The van der Waals surface area contributed by atoms with E-state index in [4.69, 9.17) is 5.73 Å². The zero-order valence-electron chi connectivity index (χ0n) is 8.77. The number of rotatable bonds is 2. The molecule has 2 heterocycles. The van der Waals surface area contributed by atoms with Gasteiger partial charge >= 0.3 is 0 Å². The fourth-order valence-electron chi connectivity index (χ4n) is 1.42. The van der Waals surface area contributed by atoms with E-state index in [1.54, 1.807) is 23.7 Å². The Morgan fingerprint density at radius 1 is 1.27 bits per heavy atom. The lowest BCUT2D eigenvalue weighted by molar-refractivity contribution is 0.776. The van der Waals surface area contributed by atoms with E-state index >= 15 is 0 Å². The Morgan fingerprint density at radius 3 is 2.47 bits per heavy atom. The number of nitrogens with two attached hydrogens (primary N) is 1. The Bertz CT molecular complexity index is 447. The molecule has 0 aliphatic carbocycles. The van der Waals surface area contributed by atoms with Gasteiger partial charge in [-0.05, 0) is 36.4 Å². The third kappa shape index (κ3) is 2.06. The first-order chi connectivity index (χ1) is 7.18. The summed E-state index contributed by atoms with van der Waals surface area (Å²) in [6.07, 6.45) is 3.59. The average molecular weight is 219 g/mol. The molecule has 4 heteroatoms. The molecule has 2 aromatic heterocycles. The maximum atomic E-state index is 6.09. The highest BCUT2D eigenvalue weighted by atomic mass is 32.1. The molecule has 0 saturated carbocycles. The molecular formula is C11H13N3S. The fourth-order valence-corrected chi connectivity index (χ4v) is 2.17. The predicted molar refractivity (Wildman–Crippen MR) is 61.9 cm³/mol. The van der Waals surface area contributed by atoms with Gasteiger partial charge in [-0.15, -0.1) is 11.3 Å². The molecule has 0 fully saturated rings. The van der Waals surface area contributed by atoms with E-state index in [2.05, 4.69) is 16.9 Å². The van der Waals surface area contributed by atoms with Crippen LogP contribution in [0.5, 0.6) is 0 Å². The van der Waals surface area contributed by atoms with Crippen molar-refractivity contribution in [2.24, 2.45) is 5.73 Å². The zero-order chi connectivity index (χ0) is 10.8. The molecule has 0 bridgehead atoms. The Morgan fingerprint density at radius 2 is 1.93 bits per heavy atom. The van der Waals surface area contributed by atoms with Crippen LogP contribution >= 0.6 is 11.3 Å². The van der Waals surface area contributed by atoms with Crippen LogP contribution in [-0.4, -0.2) is 9.97 Å². The number of hydrogen-bond acceptors (Lipinski definition) is 4. The van der Waals surface area contributed by atoms with Crippen LogP contribution in [0, 0.1) is 13.8 Å². The summed E-state index contributed by atoms with van der Waals surface area (Å²) in [7, 11) is 0. The van der Waals surface area contributed by atoms with Gasteiger partial charge in [0.25, 0.3) is 0 Å². The highest BCUT2D eigenvalue weighted by Gasteiger charge is 2.14. The molecule has 0 aliphatic rings. The topological polar surface area (TPSA) is 51.8 Å². The Balaban J connectivity index is 2.32. The van der Waals surface area contributed by atoms with Crippen molar-refractivity contribution in [3.63, 3.8) is 0 Å². The largest absolute Gasteiger partial charge is 0.318 e. The lowest BCUT2D eigenvalue weighted by atomic mass is 10.1. The second kappa shape index (κ2) is 4.08. The average Bonchev–Trinajstić information content (AvgIpc) is 2.65. The molecule has 15 heavy (non-hydrogen) atoms. The van der Waals surface area contributed by atoms with Gasteiger partial charge in [-0.2, -0.15) is 0 Å². The van der Waals surface area contributed by atoms with Gasteiger partial charge in [0.05, 0.1) is 6.04 Å². The van der Waals surface area contributed by atoms with Gasteiger partial charge in [0.2, 0.25) is 0 Å². The smallest absolute Gasteiger partial charge is 0.149 e. The first kappa shape index (κ1) is 10.3. The number of nitrogens with zero attached hydrogens (tertiary/aromatic N) is 2. The van der Waals surface area contributed by atoms with Gasteiger partial charge in [-0.3, -0.25) is 0 Å². The van der Waals surface area contributed by atoms with Crippen molar-refractivity contribution < 1.29 is 0 Å². The van der Waals surface area contributed by atoms with E-state index in [0.717, 1.165) is 11.1 Å². The third-order valence-corrected chi connectivity index (χ3v) is 3.17. The summed E-state index contributed by atoms with van der Waals surface area (Å²) < 4.78 is 0. The third-order valence-electron chi connectivity index (χ3n) is 2.31. The Kier molecular flexibility index (Phi) is 2.79. The molecule has 2 N–H and O–H groups in total. The van der Waals surface area contributed by atoms with Crippen molar-refractivity contribution in [1.82, 2.24) is 9.97 Å². The monoisotopic (exact) mass is 219 g/mol. The molecule has 1 unspecified atom stereocenters. The Hall–Kier alpha value is -1.26. The van der Waals surface area contributed by atoms with E-state index in [1.807, 2.05) is 18.4 Å². The summed E-state index contributed by atoms with van der Waals surface area (Å²) >= 11 is 1.69. The molecule has 1 atom stereocenters. The number of aryl methyl sites for hydroxylation is 2. The van der Waals surface area contributed by atoms with Crippen molar-refractivity contribution >= 4 is 11.3 Å². The molecule has 0 aromatic carbocycles. The second-order valence-electron chi connectivity index (χ2n) is 3.53. The van der Waals surface area contributed by atoms with Crippen molar-refractivity contribution in [3.05, 3.63) is 45.7 Å². The second-order valence-corrected chi connectivity index (χ2v) is 4.65. The van der Waals surface area contributed by atoms with Crippen LogP contribution in [0.2, 0.25) is 0 Å². The standard InChI is InChI=1S/C11H13N3S/c1-7-5-13-11(14-6-7)10(12)9-3-4-15-8(9)2/h3-6,10H,12H2,1-2H3. The van der Waals surface area contributed by atoms with Crippen LogP contribution < -0.4 is 5.73 Å². The fraction of sp³-hybridized carbons (Fsp3) is 0.273. The molecule has 3 nitrogen and oxygen atoms in total. The molecule has 78 valence electrons. The lowest BCUT2D eigenvalue weighted by Gasteiger charge is -2.09. The van der Waals surface area contributed by atoms with E-state index < -0.39 is 0 Å². The normalized spacial score (nSPS) is 12.7. The first-order valence-corrected chi connectivity index (χ1v) is 5.64. The predicted octanol–water partition coefficient (Wildman–Crippen LogP) is 2.20. The quantitative estimate of drug-likeness (QED) is 0.842. The summed E-state index contributed by atoms with van der Waals surface area (Å²) in [4.78, 5) is 9.72. The molecule has 2 aromatic rings. The minimum atomic E-state index is -0.211. The van der Waals surface area contributed by atoms with Crippen LogP contribution in [0.4, 0.5) is 0 Å². The lowest BCUT2D eigenvalue weighted by Crippen LogP contribution is -2.15. The van der Waals surface area contributed by atoms with E-state index in [0.29, 0.717) is 5.82 Å². The van der Waals surface area contributed by atoms with Gasteiger partial charge in [-0.25, -0.2) is 9.97 Å². The maximum Gasteiger partial charge on any atom is 0.149 e. The zero-order valence-corrected chi connectivity index (χ0v) is 9.58. The van der Waals surface area contributed by atoms with Crippen molar-refractivity contribution in [2.75, 3.05) is 0 Å². The van der Waals surface area contributed by atoms with Crippen LogP contribution in [-0.2, 0) is 0 Å². The summed E-state index contributed by atoms with van der Waals surface area (Å²) in [5.41, 5.74) is 8.26. The van der Waals surface area contributed by atoms with Gasteiger partial charge in [0.15, 0.2) is 0 Å². The minimum Gasteiger partial charge on any atom is -0.318 e. The highest BCUT2D eigenvalue weighted by molar-refractivity contribution is 7.10. The van der Waals surface area contributed by atoms with Gasteiger partial charge in [-0.1, -0.05) is 0 Å². The van der Waals surface area contributed by atoms with E-state index in [1.165, 1.54) is 4.88 Å². The van der Waals surface area contributed by atoms with Gasteiger partial charge < -0.3 is 5.73 Å². The summed E-state index contributed by atoms with van der Waals surface area (Å²) in [6, 6.07) is 1.82. The molecule has 0 amide bonds. The van der Waals surface area contributed by atoms with Crippen LogP contribution in [0.25, 0.3) is 0 Å². The SMILES string of the molecule is Cc1cnc(C(N)c2ccsc2C)nc1. The summed E-state index contributed by atoms with van der Waals surface area (Å²) in [6.45, 7) is 4.03. The Labute approximate surface area is 93.0 Å². The number of thiophene rings is 1. The molecule has 2 rings (SSSR count). The number of hydrogen-bond donors (Lipinski definition) is 1. The van der Waals surface area contributed by atoms with Crippen molar-refractivity contribution in [1.29, 1.82) is 0 Å². The van der Waals surface area contributed by atoms with E-state index in [9.17, 15) is 0 Å². The number of aromatic nitrogens is 2. The minimum absolute atomic E-state index is 0.211. The van der Waals surface area contributed by atoms with Gasteiger partial charge in [0, 0.05) is 17.3 Å². The van der Waals surface area contributed by atoms with Crippen molar-refractivity contribution in [3.8, 4) is 0 Å².